The molecule has 6 heteroatoms. The van der Waals surface area contributed by atoms with Gasteiger partial charge in [-0.2, -0.15) is 17.0 Å². The Kier molecular flexibility index (Phi) is 5.45. The zero-order valence-corrected chi connectivity index (χ0v) is 13.6. The molecule has 3 atom stereocenters. The Morgan fingerprint density at radius 1 is 1.15 bits per heavy atom. The zero-order valence-electron chi connectivity index (χ0n) is 12.8. The molecule has 2 fully saturated rings. The molecule has 0 aromatic carbocycles. The highest BCUT2D eigenvalue weighted by atomic mass is 32.2. The van der Waals surface area contributed by atoms with Gasteiger partial charge in [-0.25, -0.2) is 0 Å². The monoisotopic (exact) mass is 303 g/mol. The summed E-state index contributed by atoms with van der Waals surface area (Å²) in [4.78, 5) is 0. The van der Waals surface area contributed by atoms with E-state index in [2.05, 4.69) is 6.92 Å². The molecule has 1 saturated heterocycles. The fourth-order valence-corrected chi connectivity index (χ4v) is 5.60. The largest absolute Gasteiger partial charge is 0.329 e. The van der Waals surface area contributed by atoms with Crippen molar-refractivity contribution in [2.45, 2.75) is 64.0 Å². The molecule has 0 spiro atoms. The van der Waals surface area contributed by atoms with Crippen molar-refractivity contribution < 1.29 is 8.42 Å². The van der Waals surface area contributed by atoms with Crippen molar-refractivity contribution in [1.29, 1.82) is 0 Å². The molecule has 1 aliphatic carbocycles. The van der Waals surface area contributed by atoms with Crippen LogP contribution in [0.2, 0.25) is 0 Å². The number of nitrogens with two attached hydrogens (primary N) is 1. The zero-order chi connectivity index (χ0) is 14.8. The van der Waals surface area contributed by atoms with Crippen molar-refractivity contribution in [1.82, 2.24) is 8.61 Å². The first-order chi connectivity index (χ1) is 9.48. The van der Waals surface area contributed by atoms with Gasteiger partial charge in [-0.05, 0) is 31.6 Å². The maximum atomic E-state index is 12.9. The van der Waals surface area contributed by atoms with E-state index in [4.69, 9.17) is 5.73 Å². The van der Waals surface area contributed by atoms with E-state index in [0.29, 0.717) is 19.0 Å². The summed E-state index contributed by atoms with van der Waals surface area (Å²) in [6, 6.07) is 0.129. The fraction of sp³-hybridized carbons (Fsp3) is 1.00. The van der Waals surface area contributed by atoms with E-state index in [1.54, 1.807) is 15.7 Å². The van der Waals surface area contributed by atoms with Crippen LogP contribution in [-0.2, 0) is 10.2 Å². The van der Waals surface area contributed by atoms with E-state index in [0.717, 1.165) is 38.5 Å². The summed E-state index contributed by atoms with van der Waals surface area (Å²) in [6.45, 7) is 3.22. The molecule has 118 valence electrons. The summed E-state index contributed by atoms with van der Waals surface area (Å²) in [5, 5.41) is 0. The first-order valence-electron chi connectivity index (χ1n) is 7.93. The molecule has 0 aromatic rings. The van der Waals surface area contributed by atoms with Gasteiger partial charge in [0.25, 0.3) is 10.2 Å². The lowest BCUT2D eigenvalue weighted by Crippen LogP contribution is -2.55. The Bertz CT molecular complexity index is 413. The van der Waals surface area contributed by atoms with Crippen LogP contribution in [-0.4, -0.2) is 49.2 Å². The van der Waals surface area contributed by atoms with Crippen molar-refractivity contribution in [3.8, 4) is 0 Å². The lowest BCUT2D eigenvalue weighted by atomic mass is 9.86. The highest BCUT2D eigenvalue weighted by Crippen LogP contribution is 2.31. The van der Waals surface area contributed by atoms with Crippen LogP contribution in [0.25, 0.3) is 0 Å². The number of piperidine rings is 1. The summed E-state index contributed by atoms with van der Waals surface area (Å²) >= 11 is 0. The standard InChI is InChI=1S/C14H29N3O2S/c1-12-7-3-4-9-14(12)16(2)20(18,19)17-10-6-5-8-13(17)11-15/h12-14H,3-11,15H2,1-2H3. The second kappa shape index (κ2) is 6.73. The van der Waals surface area contributed by atoms with Gasteiger partial charge in [0.2, 0.25) is 0 Å². The maximum Gasteiger partial charge on any atom is 0.282 e. The van der Waals surface area contributed by atoms with E-state index in [-0.39, 0.29) is 12.1 Å². The van der Waals surface area contributed by atoms with E-state index < -0.39 is 10.2 Å². The van der Waals surface area contributed by atoms with Crippen molar-refractivity contribution in [2.24, 2.45) is 11.7 Å². The molecule has 20 heavy (non-hydrogen) atoms. The summed E-state index contributed by atoms with van der Waals surface area (Å²) in [7, 11) is -1.62. The van der Waals surface area contributed by atoms with Crippen LogP contribution in [0.5, 0.6) is 0 Å². The molecule has 1 heterocycles. The van der Waals surface area contributed by atoms with Crippen LogP contribution >= 0.6 is 0 Å². The fourth-order valence-electron chi connectivity index (χ4n) is 3.69. The highest BCUT2D eigenvalue weighted by Gasteiger charge is 2.39. The van der Waals surface area contributed by atoms with Crippen LogP contribution in [0, 0.1) is 5.92 Å². The second-order valence-corrected chi connectivity index (χ2v) is 8.29. The van der Waals surface area contributed by atoms with Gasteiger partial charge in [-0.15, -0.1) is 0 Å². The molecular weight excluding hydrogens is 274 g/mol. The Morgan fingerprint density at radius 3 is 2.45 bits per heavy atom. The third kappa shape index (κ3) is 3.18. The molecule has 3 unspecified atom stereocenters. The third-order valence-electron chi connectivity index (χ3n) is 5.04. The number of nitrogens with zero attached hydrogens (tertiary/aromatic N) is 2. The molecule has 0 radical (unpaired) electrons. The topological polar surface area (TPSA) is 66.6 Å². The minimum Gasteiger partial charge on any atom is -0.329 e. The van der Waals surface area contributed by atoms with Gasteiger partial charge >= 0.3 is 0 Å². The third-order valence-corrected chi connectivity index (χ3v) is 7.11. The molecular formula is C14H29N3O2S. The van der Waals surface area contributed by atoms with E-state index in [1.807, 2.05) is 0 Å². The molecule has 0 bridgehead atoms. The first-order valence-corrected chi connectivity index (χ1v) is 9.33. The normalized spacial score (nSPS) is 33.5. The average Bonchev–Trinajstić information content (AvgIpc) is 2.47. The average molecular weight is 303 g/mol. The summed E-state index contributed by atoms with van der Waals surface area (Å²) in [6.07, 6.45) is 7.39. The van der Waals surface area contributed by atoms with Crippen molar-refractivity contribution in [2.75, 3.05) is 20.1 Å². The van der Waals surface area contributed by atoms with Gasteiger partial charge in [0.05, 0.1) is 0 Å². The highest BCUT2D eigenvalue weighted by molar-refractivity contribution is 7.86. The molecule has 2 rings (SSSR count). The Balaban J connectivity index is 2.15. The first kappa shape index (κ1) is 16.2. The van der Waals surface area contributed by atoms with Crippen LogP contribution < -0.4 is 5.73 Å². The van der Waals surface area contributed by atoms with E-state index >= 15 is 0 Å². The molecule has 5 nitrogen and oxygen atoms in total. The number of hydrogen-bond donors (Lipinski definition) is 1. The summed E-state index contributed by atoms with van der Waals surface area (Å²) in [5.74, 6) is 0.449. The van der Waals surface area contributed by atoms with Crippen LogP contribution in [0.15, 0.2) is 0 Å². The lowest BCUT2D eigenvalue weighted by molar-refractivity contribution is 0.184. The quantitative estimate of drug-likeness (QED) is 0.857. The van der Waals surface area contributed by atoms with Crippen LogP contribution in [0.4, 0.5) is 0 Å². The second-order valence-electron chi connectivity index (χ2n) is 6.35. The van der Waals surface area contributed by atoms with Gasteiger partial charge in [-0.1, -0.05) is 26.2 Å². The van der Waals surface area contributed by atoms with Crippen LogP contribution in [0.1, 0.15) is 51.9 Å². The molecule has 2 N–H and O–H groups in total. The minimum absolute atomic E-state index is 0.0184. The Morgan fingerprint density at radius 2 is 1.80 bits per heavy atom. The van der Waals surface area contributed by atoms with Gasteiger partial charge < -0.3 is 5.73 Å². The van der Waals surface area contributed by atoms with Crippen molar-refractivity contribution in [3.63, 3.8) is 0 Å². The van der Waals surface area contributed by atoms with Gasteiger partial charge in [-0.3, -0.25) is 0 Å². The SMILES string of the molecule is CC1CCCCC1N(C)S(=O)(=O)N1CCCCC1CN. The molecule has 0 aromatic heterocycles. The Hall–Kier alpha value is -0.170. The Labute approximate surface area is 123 Å². The summed E-state index contributed by atoms with van der Waals surface area (Å²) < 4.78 is 29.1. The number of rotatable bonds is 4. The van der Waals surface area contributed by atoms with E-state index in [9.17, 15) is 8.42 Å². The molecule has 1 aliphatic heterocycles. The minimum atomic E-state index is -3.37. The maximum absolute atomic E-state index is 12.9. The van der Waals surface area contributed by atoms with Crippen molar-refractivity contribution >= 4 is 10.2 Å². The predicted octanol–water partition coefficient (Wildman–Crippen LogP) is 1.55. The van der Waals surface area contributed by atoms with Gasteiger partial charge in [0.1, 0.15) is 0 Å². The van der Waals surface area contributed by atoms with Crippen LogP contribution in [0.3, 0.4) is 0 Å². The van der Waals surface area contributed by atoms with E-state index in [1.165, 1.54) is 6.42 Å². The summed E-state index contributed by atoms with van der Waals surface area (Å²) in [5.41, 5.74) is 5.77. The predicted molar refractivity (Wildman–Crippen MR) is 81.5 cm³/mol. The molecule has 2 aliphatic rings. The lowest BCUT2D eigenvalue weighted by Gasteiger charge is -2.41. The van der Waals surface area contributed by atoms with Crippen molar-refractivity contribution in [3.05, 3.63) is 0 Å². The van der Waals surface area contributed by atoms with Gasteiger partial charge in [0.15, 0.2) is 0 Å². The molecule has 1 saturated carbocycles. The molecule has 0 amide bonds. The number of hydrogen-bond acceptors (Lipinski definition) is 3. The smallest absolute Gasteiger partial charge is 0.282 e. The van der Waals surface area contributed by atoms with Gasteiger partial charge in [0, 0.05) is 32.2 Å².